The molecule has 1 aromatic heterocycles. The lowest BCUT2D eigenvalue weighted by molar-refractivity contribution is -0.144. The highest BCUT2D eigenvalue weighted by Gasteiger charge is 2.39. The van der Waals surface area contributed by atoms with Gasteiger partial charge in [0.2, 0.25) is 0 Å². The number of imidazole rings is 1. The molecule has 0 aliphatic carbocycles. The van der Waals surface area contributed by atoms with Crippen molar-refractivity contribution in [2.45, 2.75) is 45.8 Å². The molecule has 0 amide bonds. The van der Waals surface area contributed by atoms with Crippen molar-refractivity contribution in [2.75, 3.05) is 0 Å². The first-order valence-corrected chi connectivity index (χ1v) is 4.89. The van der Waals surface area contributed by atoms with Gasteiger partial charge in [-0.3, -0.25) is 0 Å². The normalized spacial score (nSPS) is 12.9. The van der Waals surface area contributed by atoms with Gasteiger partial charge in [-0.15, -0.1) is 0 Å². The molecule has 0 saturated carbocycles. The van der Waals surface area contributed by atoms with E-state index in [1.165, 1.54) is 10.9 Å². The summed E-state index contributed by atoms with van der Waals surface area (Å²) >= 11 is 0. The Morgan fingerprint density at radius 2 is 1.73 bits per heavy atom. The van der Waals surface area contributed by atoms with Gasteiger partial charge in [0, 0.05) is 6.04 Å². The molecule has 0 radical (unpaired) electrons. The summed E-state index contributed by atoms with van der Waals surface area (Å²) in [6.07, 6.45) is -3.07. The molecule has 0 saturated heterocycles. The van der Waals surface area contributed by atoms with Crippen LogP contribution in [0, 0.1) is 0 Å². The maximum atomic E-state index is 12.8. The van der Waals surface area contributed by atoms with Crippen LogP contribution in [0.3, 0.4) is 0 Å². The van der Waals surface area contributed by atoms with E-state index in [0.29, 0.717) is 0 Å². The molecule has 0 N–H and O–H groups in total. The largest absolute Gasteiger partial charge is 0.433 e. The van der Waals surface area contributed by atoms with Crippen LogP contribution in [-0.2, 0) is 6.18 Å². The fourth-order valence-corrected chi connectivity index (χ4v) is 1.48. The second-order valence-electron chi connectivity index (χ2n) is 4.13. The van der Waals surface area contributed by atoms with E-state index in [0.717, 1.165) is 0 Å². The SMILES string of the molecule is CC(C)c1ncn(C(C)C)c1C(F)(F)F. The van der Waals surface area contributed by atoms with Crippen molar-refractivity contribution in [3.05, 3.63) is 17.7 Å². The third-order valence-electron chi connectivity index (χ3n) is 2.19. The molecule has 0 aromatic carbocycles. The van der Waals surface area contributed by atoms with Crippen molar-refractivity contribution >= 4 is 0 Å². The van der Waals surface area contributed by atoms with Crippen LogP contribution in [0.5, 0.6) is 0 Å². The highest BCUT2D eigenvalue weighted by Crippen LogP contribution is 2.35. The zero-order chi connectivity index (χ0) is 11.8. The van der Waals surface area contributed by atoms with E-state index in [9.17, 15) is 13.2 Å². The lowest BCUT2D eigenvalue weighted by Gasteiger charge is -2.16. The number of rotatable bonds is 2. The Labute approximate surface area is 87.1 Å². The van der Waals surface area contributed by atoms with E-state index in [2.05, 4.69) is 4.98 Å². The smallest absolute Gasteiger partial charge is 0.324 e. The van der Waals surface area contributed by atoms with Crippen molar-refractivity contribution in [1.29, 1.82) is 0 Å². The van der Waals surface area contributed by atoms with Crippen molar-refractivity contribution in [1.82, 2.24) is 9.55 Å². The number of alkyl halides is 3. The number of nitrogens with zero attached hydrogens (tertiary/aromatic N) is 2. The molecule has 0 unspecified atom stereocenters. The molecule has 2 nitrogen and oxygen atoms in total. The highest BCUT2D eigenvalue weighted by molar-refractivity contribution is 5.20. The number of hydrogen-bond donors (Lipinski definition) is 0. The average molecular weight is 220 g/mol. The summed E-state index contributed by atoms with van der Waals surface area (Å²) in [7, 11) is 0. The van der Waals surface area contributed by atoms with E-state index in [-0.39, 0.29) is 17.7 Å². The molecule has 0 aliphatic rings. The summed E-state index contributed by atoms with van der Waals surface area (Å²) in [5.41, 5.74) is -0.497. The zero-order valence-corrected chi connectivity index (χ0v) is 9.26. The van der Waals surface area contributed by atoms with Crippen LogP contribution < -0.4 is 0 Å². The molecular formula is C10H15F3N2. The molecule has 15 heavy (non-hydrogen) atoms. The Bertz CT molecular complexity index is 311. The molecule has 0 atom stereocenters. The summed E-state index contributed by atoms with van der Waals surface area (Å²) in [6, 6.07) is -0.235. The highest BCUT2D eigenvalue weighted by atomic mass is 19.4. The van der Waals surface area contributed by atoms with Crippen LogP contribution in [-0.4, -0.2) is 9.55 Å². The van der Waals surface area contributed by atoms with Crippen LogP contribution in [0.2, 0.25) is 0 Å². The molecule has 0 fully saturated rings. The molecule has 0 aliphatic heterocycles. The predicted molar refractivity (Wildman–Crippen MR) is 51.7 cm³/mol. The quantitative estimate of drug-likeness (QED) is 0.744. The molecule has 86 valence electrons. The van der Waals surface area contributed by atoms with Crippen LogP contribution in [0.15, 0.2) is 6.33 Å². The summed E-state index contributed by atoms with van der Waals surface area (Å²) in [5, 5.41) is 0. The van der Waals surface area contributed by atoms with Gasteiger partial charge in [0.25, 0.3) is 0 Å². The van der Waals surface area contributed by atoms with E-state index in [1.54, 1.807) is 27.7 Å². The van der Waals surface area contributed by atoms with Gasteiger partial charge in [-0.1, -0.05) is 13.8 Å². The lowest BCUT2D eigenvalue weighted by Crippen LogP contribution is -2.17. The minimum atomic E-state index is -4.33. The molecule has 1 rings (SSSR count). The van der Waals surface area contributed by atoms with Gasteiger partial charge >= 0.3 is 6.18 Å². The van der Waals surface area contributed by atoms with Crippen LogP contribution in [0.25, 0.3) is 0 Å². The fraction of sp³-hybridized carbons (Fsp3) is 0.700. The van der Waals surface area contributed by atoms with Crippen LogP contribution >= 0.6 is 0 Å². The standard InChI is InChI=1S/C10H15F3N2/c1-6(2)8-9(10(11,12)13)15(5-14-8)7(3)4/h5-7H,1-4H3. The molecule has 1 heterocycles. The van der Waals surface area contributed by atoms with Gasteiger partial charge in [0.05, 0.1) is 12.0 Å². The van der Waals surface area contributed by atoms with E-state index in [1.807, 2.05) is 0 Å². The first kappa shape index (κ1) is 12.1. The molecule has 1 aromatic rings. The van der Waals surface area contributed by atoms with E-state index >= 15 is 0 Å². The van der Waals surface area contributed by atoms with E-state index in [4.69, 9.17) is 0 Å². The van der Waals surface area contributed by atoms with Gasteiger partial charge in [0.1, 0.15) is 5.69 Å². The third kappa shape index (κ3) is 2.33. The predicted octanol–water partition coefficient (Wildman–Crippen LogP) is 3.61. The molecule has 0 bridgehead atoms. The maximum Gasteiger partial charge on any atom is 0.433 e. The Balaban J connectivity index is 3.34. The van der Waals surface area contributed by atoms with Gasteiger partial charge in [-0.25, -0.2) is 4.98 Å². The second-order valence-corrected chi connectivity index (χ2v) is 4.13. The first-order valence-electron chi connectivity index (χ1n) is 4.89. The van der Waals surface area contributed by atoms with E-state index < -0.39 is 11.9 Å². The van der Waals surface area contributed by atoms with Crippen LogP contribution in [0.1, 0.15) is 51.0 Å². The number of hydrogen-bond acceptors (Lipinski definition) is 1. The Morgan fingerprint density at radius 1 is 1.20 bits per heavy atom. The van der Waals surface area contributed by atoms with Gasteiger partial charge in [-0.05, 0) is 19.8 Å². The van der Waals surface area contributed by atoms with Gasteiger partial charge in [0.15, 0.2) is 0 Å². The Hall–Kier alpha value is -1.00. The van der Waals surface area contributed by atoms with Gasteiger partial charge in [-0.2, -0.15) is 13.2 Å². The maximum absolute atomic E-state index is 12.8. The summed E-state index contributed by atoms with van der Waals surface area (Å²) in [4.78, 5) is 3.85. The third-order valence-corrected chi connectivity index (χ3v) is 2.19. The molecule has 0 spiro atoms. The monoisotopic (exact) mass is 220 g/mol. The Morgan fingerprint density at radius 3 is 2.07 bits per heavy atom. The first-order chi connectivity index (χ1) is 6.75. The molecule has 5 heteroatoms. The average Bonchev–Trinajstić information content (AvgIpc) is 2.45. The number of aromatic nitrogens is 2. The minimum Gasteiger partial charge on any atom is -0.324 e. The van der Waals surface area contributed by atoms with Crippen molar-refractivity contribution < 1.29 is 13.2 Å². The second kappa shape index (κ2) is 3.87. The summed E-state index contributed by atoms with van der Waals surface area (Å²) in [5.74, 6) is -0.221. The van der Waals surface area contributed by atoms with Gasteiger partial charge < -0.3 is 4.57 Å². The van der Waals surface area contributed by atoms with Crippen LogP contribution in [0.4, 0.5) is 13.2 Å². The zero-order valence-electron chi connectivity index (χ0n) is 9.26. The summed E-state index contributed by atoms with van der Waals surface area (Å²) in [6.45, 7) is 6.84. The molecular weight excluding hydrogens is 205 g/mol. The lowest BCUT2D eigenvalue weighted by atomic mass is 10.1. The Kier molecular flexibility index (Phi) is 3.11. The van der Waals surface area contributed by atoms with Crippen molar-refractivity contribution in [3.63, 3.8) is 0 Å². The van der Waals surface area contributed by atoms with Crippen molar-refractivity contribution in [2.24, 2.45) is 0 Å². The summed E-state index contributed by atoms with van der Waals surface area (Å²) < 4.78 is 39.6. The van der Waals surface area contributed by atoms with Crippen molar-refractivity contribution in [3.8, 4) is 0 Å². The minimum absolute atomic E-state index is 0.121. The fourth-order valence-electron chi connectivity index (χ4n) is 1.48. The topological polar surface area (TPSA) is 17.8 Å². The number of halogens is 3.